The fourth-order valence-electron chi connectivity index (χ4n) is 2.88. The molecular formula is C17H20N2O3. The summed E-state index contributed by atoms with van der Waals surface area (Å²) in [6.45, 7) is 3.60. The maximum atomic E-state index is 12.5. The number of nitrogens with zero attached hydrogens (tertiary/aromatic N) is 2. The van der Waals surface area contributed by atoms with E-state index in [9.17, 15) is 4.79 Å². The lowest BCUT2D eigenvalue weighted by Gasteiger charge is -2.34. The number of para-hydroxylation sites is 2. The summed E-state index contributed by atoms with van der Waals surface area (Å²) in [7, 11) is 1.59. The monoisotopic (exact) mass is 300 g/mol. The quantitative estimate of drug-likeness (QED) is 0.871. The van der Waals surface area contributed by atoms with E-state index in [1.807, 2.05) is 36.1 Å². The highest BCUT2D eigenvalue weighted by atomic mass is 16.5. The van der Waals surface area contributed by atoms with Gasteiger partial charge >= 0.3 is 0 Å². The normalized spacial score (nSPS) is 17.0. The molecule has 0 radical (unpaired) electrons. The molecule has 2 aromatic rings. The summed E-state index contributed by atoms with van der Waals surface area (Å²) in [5.74, 6) is 1.22. The Hall–Kier alpha value is -2.43. The molecule has 1 amide bonds. The van der Waals surface area contributed by atoms with Gasteiger partial charge in [0.15, 0.2) is 18.1 Å². The van der Waals surface area contributed by atoms with E-state index >= 15 is 0 Å². The predicted molar refractivity (Wildman–Crippen MR) is 83.0 cm³/mol. The molecule has 0 saturated carbocycles. The molecule has 0 saturated heterocycles. The van der Waals surface area contributed by atoms with E-state index in [0.717, 1.165) is 12.2 Å². The van der Waals surface area contributed by atoms with E-state index in [1.165, 1.54) is 0 Å². The number of hydrogen-bond acceptors (Lipinski definition) is 3. The predicted octanol–water partition coefficient (Wildman–Crippen LogP) is 2.48. The van der Waals surface area contributed by atoms with Crippen molar-refractivity contribution in [1.82, 2.24) is 9.47 Å². The molecule has 1 aromatic carbocycles. The Morgan fingerprint density at radius 2 is 1.95 bits per heavy atom. The Morgan fingerprint density at radius 1 is 1.18 bits per heavy atom. The summed E-state index contributed by atoms with van der Waals surface area (Å²) in [4.78, 5) is 14.3. The van der Waals surface area contributed by atoms with Gasteiger partial charge in [-0.05, 0) is 31.2 Å². The van der Waals surface area contributed by atoms with Crippen molar-refractivity contribution in [2.45, 2.75) is 19.5 Å². The lowest BCUT2D eigenvalue weighted by molar-refractivity contribution is -0.136. The van der Waals surface area contributed by atoms with E-state index < -0.39 is 0 Å². The van der Waals surface area contributed by atoms with E-state index in [4.69, 9.17) is 9.47 Å². The van der Waals surface area contributed by atoms with Crippen molar-refractivity contribution in [3.63, 3.8) is 0 Å². The molecule has 0 aliphatic carbocycles. The van der Waals surface area contributed by atoms with E-state index in [1.54, 1.807) is 13.2 Å². The summed E-state index contributed by atoms with van der Waals surface area (Å²) in [6.07, 6.45) is 2.05. The number of carbonyl (C=O) groups excluding carboxylic acids is 1. The number of hydrogen-bond donors (Lipinski definition) is 0. The summed E-state index contributed by atoms with van der Waals surface area (Å²) in [6, 6.07) is 11.5. The number of methoxy groups -OCH3 is 1. The molecule has 1 aliphatic heterocycles. The van der Waals surface area contributed by atoms with Crippen LogP contribution in [0.15, 0.2) is 42.6 Å². The van der Waals surface area contributed by atoms with Gasteiger partial charge in [-0.1, -0.05) is 12.1 Å². The van der Waals surface area contributed by atoms with Crippen LogP contribution >= 0.6 is 0 Å². The van der Waals surface area contributed by atoms with E-state index in [-0.39, 0.29) is 18.6 Å². The second kappa shape index (κ2) is 6.13. The average molecular weight is 300 g/mol. The Labute approximate surface area is 130 Å². The first-order valence-electron chi connectivity index (χ1n) is 7.41. The Bertz CT molecular complexity index is 665. The number of rotatable bonds is 4. The number of aromatic nitrogens is 1. The minimum Gasteiger partial charge on any atom is -0.493 e. The van der Waals surface area contributed by atoms with Gasteiger partial charge in [0.2, 0.25) is 0 Å². The van der Waals surface area contributed by atoms with Crippen LogP contribution in [0.5, 0.6) is 11.5 Å². The largest absolute Gasteiger partial charge is 0.493 e. The van der Waals surface area contributed by atoms with Crippen LogP contribution in [0.25, 0.3) is 0 Å². The van der Waals surface area contributed by atoms with E-state index in [0.29, 0.717) is 18.0 Å². The molecule has 0 fully saturated rings. The van der Waals surface area contributed by atoms with Gasteiger partial charge in [0.1, 0.15) is 0 Å². The molecule has 1 atom stereocenters. The average Bonchev–Trinajstić information content (AvgIpc) is 3.02. The van der Waals surface area contributed by atoms with Gasteiger partial charge < -0.3 is 18.9 Å². The molecule has 2 heterocycles. The first-order chi connectivity index (χ1) is 10.7. The highest BCUT2D eigenvalue weighted by Gasteiger charge is 2.27. The van der Waals surface area contributed by atoms with Crippen molar-refractivity contribution < 1.29 is 14.3 Å². The van der Waals surface area contributed by atoms with Crippen LogP contribution in [0.1, 0.15) is 18.7 Å². The molecule has 0 N–H and O–H groups in total. The zero-order valence-electron chi connectivity index (χ0n) is 12.9. The van der Waals surface area contributed by atoms with Gasteiger partial charge in [0.25, 0.3) is 5.91 Å². The van der Waals surface area contributed by atoms with Crippen LogP contribution < -0.4 is 9.47 Å². The first kappa shape index (κ1) is 14.5. The first-order valence-corrected chi connectivity index (χ1v) is 7.41. The summed E-state index contributed by atoms with van der Waals surface area (Å²) in [5, 5.41) is 0. The smallest absolute Gasteiger partial charge is 0.261 e. The third-order valence-corrected chi connectivity index (χ3v) is 4.08. The van der Waals surface area contributed by atoms with Gasteiger partial charge in [-0.25, -0.2) is 0 Å². The fraction of sp³-hybridized carbons (Fsp3) is 0.353. The van der Waals surface area contributed by atoms with Crippen molar-refractivity contribution >= 4 is 5.91 Å². The summed E-state index contributed by atoms with van der Waals surface area (Å²) < 4.78 is 13.1. The lowest BCUT2D eigenvalue weighted by Crippen LogP contribution is -2.42. The molecule has 0 spiro atoms. The van der Waals surface area contributed by atoms with Crippen LogP contribution in [0.4, 0.5) is 0 Å². The minimum absolute atomic E-state index is 0.00847. The number of amides is 1. The van der Waals surface area contributed by atoms with E-state index in [2.05, 4.69) is 16.8 Å². The number of fused-ring (bicyclic) bond motifs is 1. The SMILES string of the molecule is COc1ccccc1OCC(=O)N1CCn2cccc2[C@@H]1C. The zero-order chi connectivity index (χ0) is 15.5. The molecular weight excluding hydrogens is 280 g/mol. The zero-order valence-corrected chi connectivity index (χ0v) is 12.9. The molecule has 5 nitrogen and oxygen atoms in total. The van der Waals surface area contributed by atoms with Crippen LogP contribution in [0.3, 0.4) is 0 Å². The Kier molecular flexibility index (Phi) is 4.04. The second-order valence-corrected chi connectivity index (χ2v) is 5.33. The molecule has 0 bridgehead atoms. The van der Waals surface area contributed by atoms with Crippen molar-refractivity contribution in [2.24, 2.45) is 0 Å². The molecule has 1 aliphatic rings. The van der Waals surface area contributed by atoms with Gasteiger partial charge in [0.05, 0.1) is 13.2 Å². The van der Waals surface area contributed by atoms with Crippen molar-refractivity contribution in [2.75, 3.05) is 20.3 Å². The molecule has 1 aromatic heterocycles. The van der Waals surface area contributed by atoms with Crippen molar-refractivity contribution in [3.05, 3.63) is 48.3 Å². The molecule has 22 heavy (non-hydrogen) atoms. The minimum atomic E-state index is -0.00847. The number of ether oxygens (including phenoxy) is 2. The standard InChI is InChI=1S/C17H20N2O3/c1-13-14-6-5-9-18(14)10-11-19(13)17(20)12-22-16-8-4-3-7-15(16)21-2/h3-9,13H,10-12H2,1-2H3/t13-/m0/s1. The van der Waals surface area contributed by atoms with Crippen LogP contribution in [0, 0.1) is 0 Å². The summed E-state index contributed by atoms with van der Waals surface area (Å²) >= 11 is 0. The van der Waals surface area contributed by atoms with Crippen molar-refractivity contribution in [3.8, 4) is 11.5 Å². The maximum Gasteiger partial charge on any atom is 0.261 e. The Balaban J connectivity index is 1.66. The summed E-state index contributed by atoms with van der Waals surface area (Å²) in [5.41, 5.74) is 1.16. The second-order valence-electron chi connectivity index (χ2n) is 5.33. The third kappa shape index (κ3) is 2.66. The van der Waals surface area contributed by atoms with Crippen LogP contribution in [0.2, 0.25) is 0 Å². The number of benzene rings is 1. The third-order valence-electron chi connectivity index (χ3n) is 4.08. The highest BCUT2D eigenvalue weighted by molar-refractivity contribution is 5.78. The number of carbonyl (C=O) groups is 1. The molecule has 5 heteroatoms. The van der Waals surface area contributed by atoms with Crippen molar-refractivity contribution in [1.29, 1.82) is 0 Å². The maximum absolute atomic E-state index is 12.5. The highest BCUT2D eigenvalue weighted by Crippen LogP contribution is 2.27. The van der Waals surface area contributed by atoms with Gasteiger partial charge in [-0.15, -0.1) is 0 Å². The topological polar surface area (TPSA) is 43.7 Å². The van der Waals surface area contributed by atoms with Gasteiger partial charge in [0, 0.05) is 25.0 Å². The van der Waals surface area contributed by atoms with Crippen LogP contribution in [-0.4, -0.2) is 35.6 Å². The molecule has 116 valence electrons. The van der Waals surface area contributed by atoms with Gasteiger partial charge in [-0.3, -0.25) is 4.79 Å². The molecule has 0 unspecified atom stereocenters. The molecule has 3 rings (SSSR count). The lowest BCUT2D eigenvalue weighted by atomic mass is 10.1. The van der Waals surface area contributed by atoms with Gasteiger partial charge in [-0.2, -0.15) is 0 Å². The fourth-order valence-corrected chi connectivity index (χ4v) is 2.88. The Morgan fingerprint density at radius 3 is 2.73 bits per heavy atom. The van der Waals surface area contributed by atoms with Crippen LogP contribution in [-0.2, 0) is 11.3 Å².